The Balaban J connectivity index is 0.00000121. The van der Waals surface area contributed by atoms with E-state index in [0.717, 1.165) is 44.6 Å². The van der Waals surface area contributed by atoms with E-state index in [2.05, 4.69) is 23.5 Å². The summed E-state index contributed by atoms with van der Waals surface area (Å²) in [4.78, 5) is 19.3. The molecule has 0 bridgehead atoms. The highest BCUT2D eigenvalue weighted by atomic mass is 35.5. The molecule has 1 atom stereocenters. The number of fused-ring (bicyclic) bond motifs is 1. The molecule has 144 valence electrons. The number of nitrogens with zero attached hydrogens (tertiary/aromatic N) is 2. The maximum atomic E-state index is 12.5. The number of rotatable bonds is 3. The molecule has 2 aliphatic heterocycles. The van der Waals surface area contributed by atoms with Crippen LogP contribution in [0.3, 0.4) is 0 Å². The summed E-state index contributed by atoms with van der Waals surface area (Å²) >= 11 is 1.80. The van der Waals surface area contributed by atoms with E-state index in [-0.39, 0.29) is 36.8 Å². The van der Waals surface area contributed by atoms with E-state index in [4.69, 9.17) is 9.72 Å². The first kappa shape index (κ1) is 21.4. The van der Waals surface area contributed by atoms with Crippen molar-refractivity contribution in [3.8, 4) is 0 Å². The predicted octanol–water partition coefficient (Wildman–Crippen LogP) is 3.22. The second-order valence-corrected chi connectivity index (χ2v) is 7.67. The summed E-state index contributed by atoms with van der Waals surface area (Å²) in [7, 11) is 0. The highest BCUT2D eigenvalue weighted by Gasteiger charge is 2.27. The molecular weight excluding hydrogens is 393 g/mol. The summed E-state index contributed by atoms with van der Waals surface area (Å²) in [5.41, 5.74) is 1.10. The van der Waals surface area contributed by atoms with E-state index in [9.17, 15) is 4.79 Å². The third-order valence-corrected chi connectivity index (χ3v) is 6.13. The zero-order chi connectivity index (χ0) is 16.4. The first-order chi connectivity index (χ1) is 11.8. The number of thiazole rings is 1. The fraction of sp³-hybridized carbons (Fsp3) is 0.556. The molecule has 8 heteroatoms. The van der Waals surface area contributed by atoms with Gasteiger partial charge in [0.05, 0.1) is 28.4 Å². The Kier molecular flexibility index (Phi) is 8.10. The minimum absolute atomic E-state index is 0. The summed E-state index contributed by atoms with van der Waals surface area (Å²) in [6.45, 7) is 3.92. The molecule has 4 rings (SSSR count). The number of aromatic nitrogens is 1. The Morgan fingerprint density at radius 1 is 1.27 bits per heavy atom. The van der Waals surface area contributed by atoms with E-state index < -0.39 is 0 Å². The average Bonchev–Trinajstić information content (AvgIpc) is 3.07. The molecule has 0 radical (unpaired) electrons. The van der Waals surface area contributed by atoms with E-state index in [0.29, 0.717) is 18.9 Å². The maximum Gasteiger partial charge on any atom is 0.224 e. The first-order valence-corrected chi connectivity index (χ1v) is 9.55. The molecule has 5 nitrogen and oxygen atoms in total. The van der Waals surface area contributed by atoms with Gasteiger partial charge in [0, 0.05) is 38.0 Å². The summed E-state index contributed by atoms with van der Waals surface area (Å²) in [5, 5.41) is 4.59. The molecule has 2 aliphatic rings. The van der Waals surface area contributed by atoms with Crippen molar-refractivity contribution >= 4 is 52.3 Å². The molecule has 1 amide bonds. The Morgan fingerprint density at radius 3 is 2.73 bits per heavy atom. The summed E-state index contributed by atoms with van der Waals surface area (Å²) in [6, 6.07) is 8.49. The van der Waals surface area contributed by atoms with Gasteiger partial charge >= 0.3 is 0 Å². The number of carbonyl (C=O) groups is 1. The normalized spacial score (nSPS) is 21.1. The number of para-hydroxylation sites is 1. The van der Waals surface area contributed by atoms with Gasteiger partial charge in [0.25, 0.3) is 0 Å². The summed E-state index contributed by atoms with van der Waals surface area (Å²) in [5.74, 6) is 0.739. The number of piperidine rings is 1. The summed E-state index contributed by atoms with van der Waals surface area (Å²) < 4.78 is 6.69. The highest BCUT2D eigenvalue weighted by Crippen LogP contribution is 2.33. The summed E-state index contributed by atoms with van der Waals surface area (Å²) in [6.07, 6.45) is 2.58. The van der Waals surface area contributed by atoms with Crippen LogP contribution in [-0.2, 0) is 9.53 Å². The predicted molar refractivity (Wildman–Crippen MR) is 110 cm³/mol. The van der Waals surface area contributed by atoms with Gasteiger partial charge in [-0.15, -0.1) is 36.2 Å². The van der Waals surface area contributed by atoms with Crippen LogP contribution in [0.1, 0.15) is 30.2 Å². The molecule has 3 heterocycles. The lowest BCUT2D eigenvalue weighted by atomic mass is 9.97. The third-order valence-electron chi connectivity index (χ3n) is 4.93. The number of amides is 1. The van der Waals surface area contributed by atoms with Crippen molar-refractivity contribution in [3.05, 3.63) is 29.3 Å². The lowest BCUT2D eigenvalue weighted by molar-refractivity contribution is -0.133. The van der Waals surface area contributed by atoms with Crippen LogP contribution in [0, 0.1) is 0 Å². The van der Waals surface area contributed by atoms with Crippen molar-refractivity contribution in [3.63, 3.8) is 0 Å². The Morgan fingerprint density at radius 2 is 2.04 bits per heavy atom. The Labute approximate surface area is 170 Å². The van der Waals surface area contributed by atoms with Gasteiger partial charge in [0.2, 0.25) is 5.91 Å². The van der Waals surface area contributed by atoms with Crippen molar-refractivity contribution in [1.29, 1.82) is 0 Å². The molecule has 2 aromatic rings. The van der Waals surface area contributed by atoms with Crippen LogP contribution < -0.4 is 5.32 Å². The molecule has 2 fully saturated rings. The van der Waals surface area contributed by atoms with Crippen LogP contribution in [0.5, 0.6) is 0 Å². The second-order valence-electron chi connectivity index (χ2n) is 6.60. The van der Waals surface area contributed by atoms with Crippen LogP contribution >= 0.6 is 36.2 Å². The van der Waals surface area contributed by atoms with Gasteiger partial charge in [-0.3, -0.25) is 4.79 Å². The number of hydrogen-bond acceptors (Lipinski definition) is 5. The van der Waals surface area contributed by atoms with Gasteiger partial charge in [-0.2, -0.15) is 0 Å². The van der Waals surface area contributed by atoms with Crippen molar-refractivity contribution in [2.24, 2.45) is 0 Å². The van der Waals surface area contributed by atoms with Crippen LogP contribution in [0.4, 0.5) is 0 Å². The molecule has 1 aromatic heterocycles. The quantitative estimate of drug-likeness (QED) is 0.832. The van der Waals surface area contributed by atoms with E-state index in [1.807, 2.05) is 11.0 Å². The molecule has 0 spiro atoms. The number of halogens is 2. The second kappa shape index (κ2) is 9.85. The highest BCUT2D eigenvalue weighted by molar-refractivity contribution is 7.18. The number of benzene rings is 1. The zero-order valence-corrected chi connectivity index (χ0v) is 17.0. The molecule has 0 aliphatic carbocycles. The topological polar surface area (TPSA) is 54.5 Å². The van der Waals surface area contributed by atoms with E-state index in [1.165, 1.54) is 9.71 Å². The number of likely N-dealkylation sites (tertiary alicyclic amines) is 1. The van der Waals surface area contributed by atoms with Crippen molar-refractivity contribution in [1.82, 2.24) is 15.2 Å². The van der Waals surface area contributed by atoms with Gasteiger partial charge in [-0.1, -0.05) is 12.1 Å². The monoisotopic (exact) mass is 417 g/mol. The van der Waals surface area contributed by atoms with E-state index >= 15 is 0 Å². The van der Waals surface area contributed by atoms with E-state index in [1.54, 1.807) is 11.3 Å². The average molecular weight is 418 g/mol. The van der Waals surface area contributed by atoms with Gasteiger partial charge in [0.15, 0.2) is 0 Å². The molecule has 1 unspecified atom stereocenters. The number of carbonyl (C=O) groups excluding carboxylic acids is 1. The smallest absolute Gasteiger partial charge is 0.224 e. The minimum atomic E-state index is 0. The Bertz CT molecular complexity index is 680. The molecular formula is C18H25Cl2N3O2S. The maximum absolute atomic E-state index is 12.5. The van der Waals surface area contributed by atoms with Crippen LogP contribution in [-0.4, -0.2) is 54.7 Å². The molecule has 26 heavy (non-hydrogen) atoms. The molecule has 0 saturated carbocycles. The molecule has 2 saturated heterocycles. The lowest BCUT2D eigenvalue weighted by Gasteiger charge is -2.33. The SMILES string of the molecule is Cl.Cl.O=C(CC1COCCN1)N1CCC(c2nc3ccccc3s2)CC1. The standard InChI is InChI=1S/C18H23N3O2S.2ClH/c22-17(11-14-12-23-10-7-19-14)21-8-5-13(6-9-21)18-20-15-3-1-2-4-16(15)24-18;;/h1-4,13-14,19H,5-12H2;2*1H. The molecule has 1 N–H and O–H groups in total. The first-order valence-electron chi connectivity index (χ1n) is 8.74. The lowest BCUT2D eigenvalue weighted by Crippen LogP contribution is -2.46. The van der Waals surface area contributed by atoms with Gasteiger partial charge in [-0.05, 0) is 25.0 Å². The van der Waals surface area contributed by atoms with Crippen LogP contribution in [0.25, 0.3) is 10.2 Å². The van der Waals surface area contributed by atoms with Gasteiger partial charge in [-0.25, -0.2) is 4.98 Å². The van der Waals surface area contributed by atoms with Gasteiger partial charge < -0.3 is 15.0 Å². The minimum Gasteiger partial charge on any atom is -0.378 e. The Hall–Kier alpha value is -0.920. The fourth-order valence-electron chi connectivity index (χ4n) is 3.53. The number of morpholine rings is 1. The van der Waals surface area contributed by atoms with Crippen molar-refractivity contribution in [2.75, 3.05) is 32.8 Å². The third kappa shape index (κ3) is 4.87. The van der Waals surface area contributed by atoms with Gasteiger partial charge in [0.1, 0.15) is 0 Å². The van der Waals surface area contributed by atoms with Crippen LogP contribution in [0.15, 0.2) is 24.3 Å². The number of hydrogen-bond donors (Lipinski definition) is 1. The van der Waals surface area contributed by atoms with Crippen molar-refractivity contribution < 1.29 is 9.53 Å². The zero-order valence-electron chi connectivity index (χ0n) is 14.6. The molecule has 1 aromatic carbocycles. The number of ether oxygens (including phenoxy) is 1. The largest absolute Gasteiger partial charge is 0.378 e. The fourth-order valence-corrected chi connectivity index (χ4v) is 4.67. The number of nitrogens with one attached hydrogen (secondary N) is 1. The van der Waals surface area contributed by atoms with Crippen molar-refractivity contribution in [2.45, 2.75) is 31.2 Å². The van der Waals surface area contributed by atoms with Crippen LogP contribution in [0.2, 0.25) is 0 Å².